The first-order valence-corrected chi connectivity index (χ1v) is 15.3. The van der Waals surface area contributed by atoms with Crippen molar-refractivity contribution in [3.8, 4) is 0 Å². The first kappa shape index (κ1) is 29.6. The summed E-state index contributed by atoms with van der Waals surface area (Å²) < 4.78 is 31.5. The van der Waals surface area contributed by atoms with Gasteiger partial charge in [-0.2, -0.15) is 8.78 Å². The molecule has 10 heteroatoms. The number of alkyl halides is 2. The van der Waals surface area contributed by atoms with Gasteiger partial charge in [-0.05, 0) is 60.8 Å². The first-order chi connectivity index (χ1) is 19.6. The Morgan fingerprint density at radius 1 is 1.05 bits per heavy atom. The molecule has 4 aliphatic rings. The Bertz CT molecular complexity index is 1180. The van der Waals surface area contributed by atoms with Crippen LogP contribution in [0.5, 0.6) is 0 Å². The highest BCUT2D eigenvalue weighted by Crippen LogP contribution is 2.48. The number of rotatable bonds is 5. The molecule has 1 saturated carbocycles. The molecule has 0 radical (unpaired) electrons. The van der Waals surface area contributed by atoms with Gasteiger partial charge in [-0.25, -0.2) is 0 Å². The number of carbonyl (C=O) groups is 4. The van der Waals surface area contributed by atoms with Gasteiger partial charge in [-0.3, -0.25) is 24.5 Å². The lowest BCUT2D eigenvalue weighted by Gasteiger charge is -2.49. The van der Waals surface area contributed by atoms with E-state index < -0.39 is 29.8 Å². The van der Waals surface area contributed by atoms with E-state index in [1.165, 1.54) is 24.2 Å². The van der Waals surface area contributed by atoms with Gasteiger partial charge in [-0.15, -0.1) is 0 Å². The van der Waals surface area contributed by atoms with Crippen molar-refractivity contribution in [2.24, 2.45) is 11.3 Å². The number of carbonyl (C=O) groups excluding carboxylic acids is 4. The number of hydrogen-bond donors (Lipinski definition) is 3. The zero-order valence-corrected chi connectivity index (χ0v) is 23.9. The maximum Gasteiger partial charge on any atom is 0.339 e. The number of hydrogen-bond acceptors (Lipinski definition) is 5. The Hall–Kier alpha value is -2.88. The number of amides is 4. The standard InChI is InChI=1S/C31H42F2N4O4/c1-20-26(34-16-15-30(20)13-7-5-3-2-4-6-8-14-30)31(32,33)29(41)35-18-21-9-10-23-22(17-21)19-37(28(23)40)24-11-12-25(38)36-27(24)39/h9-10,17,20,24,26,34H,2-8,11-16,18-19H2,1H3,(H,35,41)(H,36,38,39). The molecule has 8 nitrogen and oxygen atoms in total. The molecule has 3 atom stereocenters. The van der Waals surface area contributed by atoms with E-state index in [0.29, 0.717) is 23.2 Å². The third-order valence-corrected chi connectivity index (χ3v) is 10.0. The number of fused-ring (bicyclic) bond motifs is 1. The molecule has 1 aliphatic carbocycles. The smallest absolute Gasteiger partial charge is 0.339 e. The minimum Gasteiger partial charge on any atom is -0.347 e. The molecular weight excluding hydrogens is 530 g/mol. The van der Waals surface area contributed by atoms with E-state index in [1.54, 1.807) is 18.2 Å². The van der Waals surface area contributed by atoms with Crippen LogP contribution in [0.3, 0.4) is 0 Å². The number of piperidine rings is 2. The summed E-state index contributed by atoms with van der Waals surface area (Å²) in [7, 11) is 0. The fourth-order valence-corrected chi connectivity index (χ4v) is 7.52. The van der Waals surface area contributed by atoms with Gasteiger partial charge in [0.25, 0.3) is 11.8 Å². The van der Waals surface area contributed by atoms with Gasteiger partial charge in [0.05, 0.1) is 6.04 Å². The summed E-state index contributed by atoms with van der Waals surface area (Å²) in [5.74, 6) is -6.34. The van der Waals surface area contributed by atoms with Crippen molar-refractivity contribution in [3.05, 3.63) is 34.9 Å². The Kier molecular flexibility index (Phi) is 8.78. The Labute approximate surface area is 240 Å². The van der Waals surface area contributed by atoms with Crippen molar-refractivity contribution in [3.63, 3.8) is 0 Å². The summed E-state index contributed by atoms with van der Waals surface area (Å²) >= 11 is 0. The third-order valence-electron chi connectivity index (χ3n) is 10.0. The largest absolute Gasteiger partial charge is 0.347 e. The Morgan fingerprint density at radius 3 is 2.41 bits per heavy atom. The highest BCUT2D eigenvalue weighted by Gasteiger charge is 2.55. The van der Waals surface area contributed by atoms with Gasteiger partial charge in [0.1, 0.15) is 6.04 Å². The predicted molar refractivity (Wildman–Crippen MR) is 149 cm³/mol. The number of nitrogens with zero attached hydrogens (tertiary/aromatic N) is 1. The summed E-state index contributed by atoms with van der Waals surface area (Å²) in [5.41, 5.74) is 1.53. The Balaban J connectivity index is 1.22. The molecular formula is C31H42F2N4O4. The van der Waals surface area contributed by atoms with E-state index in [0.717, 1.165) is 44.9 Å². The highest BCUT2D eigenvalue weighted by molar-refractivity contribution is 6.05. The van der Waals surface area contributed by atoms with Crippen LogP contribution in [-0.2, 0) is 27.5 Å². The molecule has 41 heavy (non-hydrogen) atoms. The molecule has 3 heterocycles. The molecule has 3 aliphatic heterocycles. The monoisotopic (exact) mass is 572 g/mol. The number of nitrogens with one attached hydrogen (secondary N) is 3. The maximum atomic E-state index is 15.7. The van der Waals surface area contributed by atoms with Crippen LogP contribution in [0.1, 0.15) is 105 Å². The topological polar surface area (TPSA) is 108 Å². The molecule has 0 bridgehead atoms. The fourth-order valence-electron chi connectivity index (χ4n) is 7.52. The van der Waals surface area contributed by atoms with E-state index in [4.69, 9.17) is 0 Å². The molecule has 1 aromatic carbocycles. The molecule has 2 saturated heterocycles. The minimum atomic E-state index is -3.57. The van der Waals surface area contributed by atoms with Crippen molar-refractivity contribution >= 4 is 23.6 Å². The summed E-state index contributed by atoms with van der Waals surface area (Å²) in [6.45, 7) is 2.47. The highest BCUT2D eigenvalue weighted by atomic mass is 19.3. The van der Waals surface area contributed by atoms with Gasteiger partial charge in [0, 0.05) is 25.1 Å². The quantitative estimate of drug-likeness (QED) is 0.459. The van der Waals surface area contributed by atoms with E-state index >= 15 is 8.78 Å². The summed E-state index contributed by atoms with van der Waals surface area (Å²) in [6, 6.07) is 3.01. The van der Waals surface area contributed by atoms with E-state index in [2.05, 4.69) is 16.0 Å². The maximum absolute atomic E-state index is 15.7. The van der Waals surface area contributed by atoms with Gasteiger partial charge in [0.2, 0.25) is 11.8 Å². The normalized spacial score (nSPS) is 27.3. The molecule has 4 amide bonds. The first-order valence-electron chi connectivity index (χ1n) is 15.3. The zero-order chi connectivity index (χ0) is 29.2. The molecule has 1 spiro atoms. The van der Waals surface area contributed by atoms with Crippen LogP contribution in [0, 0.1) is 11.3 Å². The van der Waals surface area contributed by atoms with Crippen LogP contribution >= 0.6 is 0 Å². The SMILES string of the molecule is CC1C(C(F)(F)C(=O)NCc2ccc3c(c2)CN(C2CCC(=O)NC2=O)C3=O)NCCC12CCCCCCCCC2. The van der Waals surface area contributed by atoms with E-state index in [1.807, 2.05) is 6.92 Å². The lowest BCUT2D eigenvalue weighted by atomic mass is 9.61. The summed E-state index contributed by atoms with van der Waals surface area (Å²) in [6.07, 6.45) is 11.2. The second-order valence-electron chi connectivity index (χ2n) is 12.5. The van der Waals surface area contributed by atoms with Crippen molar-refractivity contribution in [2.75, 3.05) is 6.54 Å². The minimum absolute atomic E-state index is 0.0967. The second kappa shape index (κ2) is 12.2. The predicted octanol–water partition coefficient (Wildman–Crippen LogP) is 4.21. The average Bonchev–Trinajstić information content (AvgIpc) is 3.27. The lowest BCUT2D eigenvalue weighted by molar-refractivity contribution is -0.158. The molecule has 224 valence electrons. The summed E-state index contributed by atoms with van der Waals surface area (Å²) in [5, 5.41) is 7.72. The van der Waals surface area contributed by atoms with Gasteiger partial charge < -0.3 is 15.5 Å². The van der Waals surface area contributed by atoms with Gasteiger partial charge in [-0.1, -0.05) is 64.0 Å². The number of halogens is 2. The molecule has 1 aromatic rings. The van der Waals surface area contributed by atoms with Crippen molar-refractivity contribution in [1.29, 1.82) is 0 Å². The van der Waals surface area contributed by atoms with Gasteiger partial charge >= 0.3 is 5.92 Å². The lowest BCUT2D eigenvalue weighted by Crippen LogP contribution is -2.63. The molecule has 3 unspecified atom stereocenters. The van der Waals surface area contributed by atoms with E-state index in [-0.39, 0.29) is 49.1 Å². The van der Waals surface area contributed by atoms with Crippen molar-refractivity contribution in [1.82, 2.24) is 20.9 Å². The van der Waals surface area contributed by atoms with Crippen molar-refractivity contribution < 1.29 is 28.0 Å². The van der Waals surface area contributed by atoms with E-state index in [9.17, 15) is 19.2 Å². The van der Waals surface area contributed by atoms with Crippen LogP contribution in [0.25, 0.3) is 0 Å². The zero-order valence-electron chi connectivity index (χ0n) is 23.9. The molecule has 0 aromatic heterocycles. The van der Waals surface area contributed by atoms with Crippen LogP contribution in [-0.4, -0.2) is 53.1 Å². The van der Waals surface area contributed by atoms with Gasteiger partial charge in [0.15, 0.2) is 0 Å². The fraction of sp³-hybridized carbons (Fsp3) is 0.677. The second-order valence-corrected chi connectivity index (χ2v) is 12.5. The van der Waals surface area contributed by atoms with Crippen LogP contribution in [0.15, 0.2) is 18.2 Å². The third kappa shape index (κ3) is 6.03. The molecule has 3 fully saturated rings. The number of benzene rings is 1. The summed E-state index contributed by atoms with van der Waals surface area (Å²) in [4.78, 5) is 51.1. The van der Waals surface area contributed by atoms with Crippen molar-refractivity contribution in [2.45, 2.75) is 115 Å². The van der Waals surface area contributed by atoms with Crippen LogP contribution in [0.4, 0.5) is 8.78 Å². The number of imide groups is 1. The molecule has 3 N–H and O–H groups in total. The average molecular weight is 573 g/mol. The van der Waals surface area contributed by atoms with Crippen LogP contribution in [0.2, 0.25) is 0 Å². The van der Waals surface area contributed by atoms with Crippen LogP contribution < -0.4 is 16.0 Å². The molecule has 5 rings (SSSR count). The Morgan fingerprint density at radius 2 is 1.73 bits per heavy atom.